The molecule has 29 heavy (non-hydrogen) atoms. The van der Waals surface area contributed by atoms with Crippen LogP contribution in [0.3, 0.4) is 0 Å². The van der Waals surface area contributed by atoms with E-state index in [4.69, 9.17) is 17.3 Å². The molecule has 1 aliphatic heterocycles. The molecule has 4 rings (SSSR count). The molecule has 2 aromatic carbocycles. The minimum absolute atomic E-state index is 0.159. The zero-order chi connectivity index (χ0) is 20.5. The Morgan fingerprint density at radius 2 is 2.07 bits per heavy atom. The Hall–Kier alpha value is -3.42. The van der Waals surface area contributed by atoms with E-state index in [9.17, 15) is 10.0 Å². The molecule has 3 aromatic rings. The maximum Gasteiger partial charge on any atom is 0.255 e. The highest BCUT2D eigenvalue weighted by Crippen LogP contribution is 2.31. The zero-order valence-corrected chi connectivity index (χ0v) is 16.3. The lowest BCUT2D eigenvalue weighted by Crippen LogP contribution is -2.21. The molecule has 0 aliphatic carbocycles. The normalized spacial score (nSPS) is 13.5. The van der Waals surface area contributed by atoms with Gasteiger partial charge >= 0.3 is 0 Å². The summed E-state index contributed by atoms with van der Waals surface area (Å²) < 4.78 is 0. The summed E-state index contributed by atoms with van der Waals surface area (Å²) in [4.78, 5) is 21.2. The van der Waals surface area contributed by atoms with Crippen LogP contribution in [0.15, 0.2) is 60.3 Å². The van der Waals surface area contributed by atoms with E-state index in [1.54, 1.807) is 30.4 Å². The topological polar surface area (TPSA) is 104 Å². The summed E-state index contributed by atoms with van der Waals surface area (Å²) in [5.74, 6) is -0.100. The van der Waals surface area contributed by atoms with Gasteiger partial charge in [0.1, 0.15) is 0 Å². The van der Waals surface area contributed by atoms with E-state index in [-0.39, 0.29) is 18.4 Å². The van der Waals surface area contributed by atoms with Crippen LogP contribution < -0.4 is 11.1 Å². The van der Waals surface area contributed by atoms with Gasteiger partial charge in [-0.15, -0.1) is 0 Å². The number of carbonyl (C=O) groups excluding carboxylic acids is 1. The van der Waals surface area contributed by atoms with Gasteiger partial charge in [-0.05, 0) is 48.9 Å². The van der Waals surface area contributed by atoms with Crippen LogP contribution in [-0.4, -0.2) is 32.7 Å². The van der Waals surface area contributed by atoms with Crippen LogP contribution in [0.5, 0.6) is 0 Å². The van der Waals surface area contributed by atoms with Crippen molar-refractivity contribution in [2.75, 3.05) is 17.6 Å². The van der Waals surface area contributed by atoms with Crippen molar-refractivity contribution in [3.63, 3.8) is 0 Å². The molecule has 0 unspecified atom stereocenters. The van der Waals surface area contributed by atoms with Crippen molar-refractivity contribution in [3.8, 4) is 11.3 Å². The first-order valence-electron chi connectivity index (χ1n) is 8.90. The summed E-state index contributed by atoms with van der Waals surface area (Å²) in [7, 11) is 0. The number of nitrogens with zero attached hydrogens (tertiary/aromatic N) is 3. The van der Waals surface area contributed by atoms with Crippen LogP contribution in [0.25, 0.3) is 22.2 Å². The van der Waals surface area contributed by atoms with Crippen molar-refractivity contribution in [1.29, 1.82) is 0 Å². The molecule has 0 atom stereocenters. The molecule has 0 saturated carbocycles. The second-order valence-corrected chi connectivity index (χ2v) is 7.11. The molecular formula is C21H18ClN5O2. The Labute approximate surface area is 172 Å². The van der Waals surface area contributed by atoms with Gasteiger partial charge in [-0.2, -0.15) is 0 Å². The van der Waals surface area contributed by atoms with Gasteiger partial charge in [0.15, 0.2) is 0 Å². The van der Waals surface area contributed by atoms with E-state index in [0.717, 1.165) is 21.6 Å². The Kier molecular flexibility index (Phi) is 4.92. The Morgan fingerprint density at radius 3 is 2.83 bits per heavy atom. The largest absolute Gasteiger partial charge is 0.368 e. The van der Waals surface area contributed by atoms with Crippen molar-refractivity contribution in [3.05, 3.63) is 70.9 Å². The third-order valence-electron chi connectivity index (χ3n) is 4.62. The fourth-order valence-corrected chi connectivity index (χ4v) is 3.26. The van der Waals surface area contributed by atoms with Crippen LogP contribution >= 0.6 is 11.6 Å². The van der Waals surface area contributed by atoms with Crippen LogP contribution in [0.2, 0.25) is 5.02 Å². The van der Waals surface area contributed by atoms with E-state index in [2.05, 4.69) is 15.3 Å². The smallest absolute Gasteiger partial charge is 0.255 e. The van der Waals surface area contributed by atoms with E-state index in [1.165, 1.54) is 6.20 Å². The Bertz CT molecular complexity index is 1190. The average molecular weight is 408 g/mol. The highest BCUT2D eigenvalue weighted by atomic mass is 35.5. The fraction of sp³-hybridized carbons (Fsp3) is 0.0952. The molecule has 0 radical (unpaired) electrons. The van der Waals surface area contributed by atoms with Crippen LogP contribution in [0.1, 0.15) is 5.56 Å². The summed E-state index contributed by atoms with van der Waals surface area (Å²) in [6.07, 6.45) is 4.64. The zero-order valence-electron chi connectivity index (χ0n) is 15.6. The van der Waals surface area contributed by atoms with Crippen molar-refractivity contribution in [2.24, 2.45) is 0 Å². The van der Waals surface area contributed by atoms with Gasteiger partial charge in [-0.3, -0.25) is 15.1 Å². The molecule has 0 fully saturated rings. The number of halogens is 1. The minimum Gasteiger partial charge on any atom is -0.368 e. The minimum atomic E-state index is -0.260. The SMILES string of the molecule is Cc1ccc(-c2nc(N)nc3ccc(Cl)cc23)cc1NC(=O)C1=CCN(O)C=C1. The van der Waals surface area contributed by atoms with Gasteiger partial charge in [0.05, 0.1) is 17.8 Å². The van der Waals surface area contributed by atoms with Gasteiger partial charge in [0, 0.05) is 33.4 Å². The highest BCUT2D eigenvalue weighted by Gasteiger charge is 2.14. The Balaban J connectivity index is 1.73. The lowest BCUT2D eigenvalue weighted by atomic mass is 10.0. The number of anilines is 2. The summed E-state index contributed by atoms with van der Waals surface area (Å²) in [6, 6.07) is 11.0. The molecule has 2 heterocycles. The van der Waals surface area contributed by atoms with Crippen LogP contribution in [0.4, 0.5) is 11.6 Å². The van der Waals surface area contributed by atoms with Gasteiger partial charge in [-0.1, -0.05) is 23.7 Å². The van der Waals surface area contributed by atoms with Crippen molar-refractivity contribution >= 4 is 40.0 Å². The number of amides is 1. The van der Waals surface area contributed by atoms with Gasteiger partial charge in [0.25, 0.3) is 5.91 Å². The number of carbonyl (C=O) groups is 1. The van der Waals surface area contributed by atoms with Gasteiger partial charge in [-0.25, -0.2) is 9.97 Å². The second-order valence-electron chi connectivity index (χ2n) is 6.67. The molecule has 0 spiro atoms. The predicted octanol–water partition coefficient (Wildman–Crippen LogP) is 3.92. The van der Waals surface area contributed by atoms with Crippen molar-refractivity contribution in [1.82, 2.24) is 15.0 Å². The monoisotopic (exact) mass is 407 g/mol. The number of hydrogen-bond donors (Lipinski definition) is 3. The number of nitrogens with two attached hydrogens (primary N) is 1. The summed E-state index contributed by atoms with van der Waals surface area (Å²) in [5, 5.41) is 14.6. The van der Waals surface area contributed by atoms with E-state index in [0.29, 0.717) is 27.5 Å². The number of fused-ring (bicyclic) bond motifs is 1. The molecule has 1 aromatic heterocycles. The van der Waals surface area contributed by atoms with E-state index in [1.807, 2.05) is 25.1 Å². The number of benzene rings is 2. The molecule has 1 aliphatic rings. The fourth-order valence-electron chi connectivity index (χ4n) is 3.09. The van der Waals surface area contributed by atoms with Gasteiger partial charge < -0.3 is 11.1 Å². The molecule has 7 nitrogen and oxygen atoms in total. The molecule has 146 valence electrons. The molecule has 0 bridgehead atoms. The number of nitrogens with one attached hydrogen (secondary N) is 1. The number of aromatic nitrogens is 2. The first-order valence-corrected chi connectivity index (χ1v) is 9.27. The number of hydrogen-bond acceptors (Lipinski definition) is 6. The van der Waals surface area contributed by atoms with E-state index < -0.39 is 0 Å². The maximum atomic E-state index is 12.6. The molecule has 4 N–H and O–H groups in total. The standard InChI is InChI=1S/C21H18ClN5O2/c1-12-2-3-14(10-18(12)24-20(28)13-6-8-27(29)9-7-13)19-16-11-15(22)4-5-17(16)25-21(23)26-19/h2-8,10-11,29H,9H2,1H3,(H,24,28)(H2,23,25,26). The number of aryl methyl sites for hydroxylation is 1. The maximum absolute atomic E-state index is 12.6. The Morgan fingerprint density at radius 1 is 1.24 bits per heavy atom. The quantitative estimate of drug-likeness (QED) is 0.607. The van der Waals surface area contributed by atoms with Crippen LogP contribution in [0, 0.1) is 6.92 Å². The third-order valence-corrected chi connectivity index (χ3v) is 4.86. The van der Waals surface area contributed by atoms with Crippen molar-refractivity contribution in [2.45, 2.75) is 6.92 Å². The highest BCUT2D eigenvalue weighted by molar-refractivity contribution is 6.31. The number of hydroxylamine groups is 2. The third kappa shape index (κ3) is 3.91. The number of nitrogen functional groups attached to an aromatic ring is 1. The molecular weight excluding hydrogens is 390 g/mol. The summed E-state index contributed by atoms with van der Waals surface area (Å²) >= 11 is 6.16. The summed E-state index contributed by atoms with van der Waals surface area (Å²) in [6.45, 7) is 2.16. The first kappa shape index (κ1) is 18.9. The van der Waals surface area contributed by atoms with Gasteiger partial charge in [0.2, 0.25) is 5.95 Å². The summed E-state index contributed by atoms with van der Waals surface area (Å²) in [5.41, 5.74) is 10.0. The average Bonchev–Trinajstić information content (AvgIpc) is 2.70. The van der Waals surface area contributed by atoms with Crippen LogP contribution in [-0.2, 0) is 4.79 Å². The van der Waals surface area contributed by atoms with E-state index >= 15 is 0 Å². The predicted molar refractivity (Wildman–Crippen MR) is 113 cm³/mol. The number of rotatable bonds is 3. The van der Waals surface area contributed by atoms with Crippen molar-refractivity contribution < 1.29 is 10.0 Å². The molecule has 8 heteroatoms. The second kappa shape index (κ2) is 7.54. The first-order chi connectivity index (χ1) is 13.9. The molecule has 0 saturated heterocycles. The lowest BCUT2D eigenvalue weighted by molar-refractivity contribution is -0.112. The molecule has 1 amide bonds. The lowest BCUT2D eigenvalue weighted by Gasteiger charge is -2.16.